The maximum Gasteiger partial charge on any atom is 0.387 e. The van der Waals surface area contributed by atoms with Crippen LogP contribution in [0.2, 0.25) is 0 Å². The van der Waals surface area contributed by atoms with Gasteiger partial charge < -0.3 is 0 Å². The second kappa shape index (κ2) is 6.88. The van der Waals surface area contributed by atoms with Gasteiger partial charge in [0.1, 0.15) is 5.69 Å². The standard InChI is InChI=1S/C15H15N2S.ClHO4/c1-10-4-6-13(7-5-10)14-9-18-15-16-11(2)8-12(3)17(14)15;2-1(3,4)5/h4-9H,1-3H3;(H,2,3,4,5)/q+1;. The molecule has 8 heteroatoms. The van der Waals surface area contributed by atoms with E-state index in [4.69, 9.17) is 18.6 Å². The minimum absolute atomic E-state index is 1.06. The van der Waals surface area contributed by atoms with Gasteiger partial charge in [-0.2, -0.15) is 18.4 Å². The highest BCUT2D eigenvalue weighted by atomic mass is 35.7. The molecule has 0 spiro atoms. The number of benzene rings is 1. The molecule has 0 radical (unpaired) electrons. The lowest BCUT2D eigenvalue weighted by atomic mass is 10.1. The first kappa shape index (κ1) is 17.7. The van der Waals surface area contributed by atoms with Crippen molar-refractivity contribution >= 4 is 16.3 Å². The zero-order valence-corrected chi connectivity index (χ0v) is 14.4. The zero-order valence-electron chi connectivity index (χ0n) is 12.8. The molecular weight excluding hydrogens is 340 g/mol. The summed E-state index contributed by atoms with van der Waals surface area (Å²) < 4.78 is 34.9. The molecule has 122 valence electrons. The van der Waals surface area contributed by atoms with Crippen molar-refractivity contribution in [1.82, 2.24) is 4.98 Å². The maximum absolute atomic E-state index is 8.60. The van der Waals surface area contributed by atoms with E-state index in [-0.39, 0.29) is 0 Å². The molecule has 23 heavy (non-hydrogen) atoms. The predicted molar refractivity (Wildman–Crippen MR) is 77.1 cm³/mol. The van der Waals surface area contributed by atoms with Crippen LogP contribution >= 0.6 is 11.3 Å². The molecule has 0 saturated carbocycles. The molecule has 0 fully saturated rings. The summed E-state index contributed by atoms with van der Waals surface area (Å²) in [6.07, 6.45) is 0. The monoisotopic (exact) mass is 355 g/mol. The zero-order chi connectivity index (χ0) is 17.2. The molecule has 1 N–H and O–H groups in total. The Morgan fingerprint density at radius 2 is 1.65 bits per heavy atom. The van der Waals surface area contributed by atoms with Crippen LogP contribution in [0.5, 0.6) is 0 Å². The van der Waals surface area contributed by atoms with Gasteiger partial charge in [-0.3, -0.25) is 0 Å². The average molecular weight is 356 g/mol. The lowest BCUT2D eigenvalue weighted by Gasteiger charge is -2.03. The number of hydrogen-bond donors (Lipinski definition) is 1. The Labute approximate surface area is 139 Å². The molecule has 0 aliphatic heterocycles. The van der Waals surface area contributed by atoms with Crippen molar-refractivity contribution in [3.63, 3.8) is 0 Å². The van der Waals surface area contributed by atoms with Crippen molar-refractivity contribution in [2.75, 3.05) is 0 Å². The number of rotatable bonds is 1. The van der Waals surface area contributed by atoms with E-state index in [1.54, 1.807) is 11.3 Å². The Bertz CT molecular complexity index is 807. The van der Waals surface area contributed by atoms with E-state index in [1.807, 2.05) is 6.92 Å². The Hall–Kier alpha value is -1.61. The van der Waals surface area contributed by atoms with Gasteiger partial charge in [0.05, 0.1) is 14.9 Å². The molecule has 6 nitrogen and oxygen atoms in total. The third-order valence-corrected chi connectivity index (χ3v) is 3.92. The van der Waals surface area contributed by atoms with E-state index in [2.05, 4.69) is 58.9 Å². The summed E-state index contributed by atoms with van der Waals surface area (Å²) in [5.74, 6) is 0. The number of halogens is 1. The molecule has 2 aromatic heterocycles. The average Bonchev–Trinajstić information content (AvgIpc) is 2.81. The fourth-order valence-electron chi connectivity index (χ4n) is 2.21. The fourth-order valence-corrected chi connectivity index (χ4v) is 3.21. The summed E-state index contributed by atoms with van der Waals surface area (Å²) >= 11 is 1.69. The van der Waals surface area contributed by atoms with Crippen molar-refractivity contribution in [3.8, 4) is 11.3 Å². The normalized spacial score (nSPS) is 11.3. The van der Waals surface area contributed by atoms with Crippen molar-refractivity contribution in [1.29, 1.82) is 0 Å². The highest BCUT2D eigenvalue weighted by Crippen LogP contribution is 2.21. The summed E-state index contributed by atoms with van der Waals surface area (Å²) in [4.78, 5) is 5.64. The van der Waals surface area contributed by atoms with Crippen LogP contribution in [-0.4, -0.2) is 9.64 Å². The van der Waals surface area contributed by atoms with Crippen molar-refractivity contribution in [2.24, 2.45) is 0 Å². The molecule has 0 saturated heterocycles. The number of aromatic nitrogens is 2. The number of nitrogens with zero attached hydrogens (tertiary/aromatic N) is 2. The van der Waals surface area contributed by atoms with Gasteiger partial charge in [-0.25, -0.2) is 0 Å². The molecule has 0 unspecified atom stereocenters. The second-order valence-corrected chi connectivity index (χ2v) is 6.67. The summed E-state index contributed by atoms with van der Waals surface area (Å²) in [6, 6.07) is 10.8. The maximum atomic E-state index is 8.60. The van der Waals surface area contributed by atoms with Crippen molar-refractivity contribution < 1.29 is 33.3 Å². The van der Waals surface area contributed by atoms with E-state index < -0.39 is 10.2 Å². The van der Waals surface area contributed by atoms with Crippen LogP contribution in [0, 0.1) is 31.0 Å². The van der Waals surface area contributed by atoms with Crippen LogP contribution < -0.4 is 18.4 Å². The Morgan fingerprint density at radius 1 is 1.09 bits per heavy atom. The molecule has 3 aromatic rings. The minimum atomic E-state index is -4.69. The SMILES string of the molecule is Cc1ccc(-c2csc3nc(C)cc(C)[n+]23)cc1.[O-][Cl+3]([O-])([O-])O. The quantitative estimate of drug-likeness (QED) is 0.584. The first-order chi connectivity index (χ1) is 10.6. The summed E-state index contributed by atoms with van der Waals surface area (Å²) in [6.45, 7) is 6.28. The van der Waals surface area contributed by atoms with Gasteiger partial charge in [-0.1, -0.05) is 29.8 Å². The smallest absolute Gasteiger partial charge is 0.183 e. The van der Waals surface area contributed by atoms with E-state index in [0.717, 1.165) is 10.7 Å². The molecule has 0 amide bonds. The number of hydrogen-bond acceptors (Lipinski definition) is 6. The van der Waals surface area contributed by atoms with Crippen LogP contribution in [0.15, 0.2) is 35.7 Å². The van der Waals surface area contributed by atoms with Gasteiger partial charge >= 0.3 is 4.96 Å². The highest BCUT2D eigenvalue weighted by Gasteiger charge is 2.17. The molecule has 0 aliphatic rings. The van der Waals surface area contributed by atoms with E-state index in [0.29, 0.717) is 0 Å². The number of fused-ring (bicyclic) bond motifs is 1. The van der Waals surface area contributed by atoms with Gasteiger partial charge in [0.15, 0.2) is 11.4 Å². The van der Waals surface area contributed by atoms with Gasteiger partial charge in [0.25, 0.3) is 0 Å². The second-order valence-electron chi connectivity index (χ2n) is 5.04. The van der Waals surface area contributed by atoms with Crippen LogP contribution in [0.3, 0.4) is 0 Å². The predicted octanol–water partition coefficient (Wildman–Crippen LogP) is -0.650. The topological polar surface area (TPSA) is 106 Å². The molecule has 1 aromatic carbocycles. The van der Waals surface area contributed by atoms with Crippen molar-refractivity contribution in [3.05, 3.63) is 52.7 Å². The minimum Gasteiger partial charge on any atom is -0.183 e. The highest BCUT2D eigenvalue weighted by molar-refractivity contribution is 7.14. The fraction of sp³-hybridized carbons (Fsp3) is 0.200. The van der Waals surface area contributed by atoms with Crippen LogP contribution in [-0.2, 0) is 0 Å². The lowest BCUT2D eigenvalue weighted by molar-refractivity contribution is -1.92. The molecular formula is C15H16ClN2O4S+. The van der Waals surface area contributed by atoms with Crippen LogP contribution in [0.1, 0.15) is 17.0 Å². The Morgan fingerprint density at radius 3 is 2.22 bits per heavy atom. The largest absolute Gasteiger partial charge is 0.387 e. The first-order valence-corrected chi connectivity index (χ1v) is 8.77. The van der Waals surface area contributed by atoms with Gasteiger partial charge in [-0.05, 0) is 30.2 Å². The number of aryl methyl sites for hydroxylation is 3. The van der Waals surface area contributed by atoms with Crippen molar-refractivity contribution in [2.45, 2.75) is 20.8 Å². The third-order valence-electron chi connectivity index (χ3n) is 3.10. The molecule has 0 aliphatic carbocycles. The summed E-state index contributed by atoms with van der Waals surface area (Å²) in [5.41, 5.74) is 6.05. The summed E-state index contributed by atoms with van der Waals surface area (Å²) in [5, 5.41) is 2.18. The molecule has 2 heterocycles. The lowest BCUT2D eigenvalue weighted by Crippen LogP contribution is -2.58. The van der Waals surface area contributed by atoms with Gasteiger partial charge in [0, 0.05) is 23.9 Å². The van der Waals surface area contributed by atoms with E-state index in [9.17, 15) is 0 Å². The van der Waals surface area contributed by atoms with E-state index >= 15 is 0 Å². The third kappa shape index (κ3) is 4.93. The van der Waals surface area contributed by atoms with Gasteiger partial charge in [0.2, 0.25) is 0 Å². The van der Waals surface area contributed by atoms with Crippen LogP contribution in [0.25, 0.3) is 16.2 Å². The molecule has 0 bridgehead atoms. The Balaban J connectivity index is 0.000000338. The first-order valence-electron chi connectivity index (χ1n) is 6.63. The Kier molecular flexibility index (Phi) is 5.30. The van der Waals surface area contributed by atoms with Crippen LogP contribution in [0.4, 0.5) is 0 Å². The van der Waals surface area contributed by atoms with E-state index in [1.165, 1.54) is 22.5 Å². The van der Waals surface area contributed by atoms with Gasteiger partial charge in [-0.15, -0.1) is 0 Å². The molecule has 0 atom stereocenters. The molecule has 3 rings (SSSR count). The summed E-state index contributed by atoms with van der Waals surface area (Å²) in [7, 11) is -4.69. The number of thiazole rings is 1.